The zero-order valence-electron chi connectivity index (χ0n) is 11.4. The summed E-state index contributed by atoms with van der Waals surface area (Å²) in [4.78, 5) is 0.388. The van der Waals surface area contributed by atoms with Crippen molar-refractivity contribution in [2.24, 2.45) is 7.05 Å². The average Bonchev–Trinajstić information content (AvgIpc) is 2.96. The molecule has 0 radical (unpaired) electrons. The summed E-state index contributed by atoms with van der Waals surface area (Å²) in [5.74, 6) is 0. The Labute approximate surface area is 122 Å². The number of nitrogens with zero attached hydrogens (tertiary/aromatic N) is 3. The third kappa shape index (κ3) is 1.69. The lowest BCUT2D eigenvalue weighted by Crippen LogP contribution is -2.26. The Bertz CT molecular complexity index is 955. The predicted molar refractivity (Wildman–Crippen MR) is 80.5 cm³/mol. The molecule has 0 N–H and O–H groups in total. The van der Waals surface area contributed by atoms with E-state index in [1.165, 1.54) is 4.31 Å². The first-order chi connectivity index (χ1) is 10.1. The van der Waals surface area contributed by atoms with Gasteiger partial charge >= 0.3 is 0 Å². The highest BCUT2D eigenvalue weighted by Gasteiger charge is 2.35. The first-order valence-electron chi connectivity index (χ1n) is 6.59. The maximum atomic E-state index is 12.8. The lowest BCUT2D eigenvalue weighted by molar-refractivity contribution is 0.593. The minimum atomic E-state index is -3.49. The van der Waals surface area contributed by atoms with Crippen LogP contribution >= 0.6 is 0 Å². The first kappa shape index (κ1) is 12.4. The monoisotopic (exact) mass is 299 g/mol. The standard InChI is InChI=1S/C15H13N3O2S/c1-17-9-11(8-16-17)10-18-13-6-2-4-12-5-3-7-14(15(12)13)21(18,19)20/h2-9H,10H2,1H3. The molecule has 0 atom stereocenters. The molecule has 2 aromatic carbocycles. The molecule has 0 saturated heterocycles. The van der Waals surface area contributed by atoms with Gasteiger partial charge in [0.05, 0.1) is 23.3 Å². The lowest BCUT2D eigenvalue weighted by atomic mass is 10.1. The van der Waals surface area contributed by atoms with Crippen molar-refractivity contribution in [2.75, 3.05) is 4.31 Å². The van der Waals surface area contributed by atoms with Crippen molar-refractivity contribution in [3.8, 4) is 0 Å². The van der Waals surface area contributed by atoms with E-state index in [9.17, 15) is 8.42 Å². The number of anilines is 1. The summed E-state index contributed by atoms with van der Waals surface area (Å²) < 4.78 is 28.7. The molecule has 0 fully saturated rings. The van der Waals surface area contributed by atoms with Crippen LogP contribution in [0.1, 0.15) is 5.56 Å². The van der Waals surface area contributed by atoms with Gasteiger partial charge in [-0.1, -0.05) is 24.3 Å². The third-order valence-corrected chi connectivity index (χ3v) is 5.57. The number of aryl methyl sites for hydroxylation is 1. The van der Waals surface area contributed by atoms with E-state index in [0.717, 1.165) is 22.0 Å². The van der Waals surface area contributed by atoms with Crippen LogP contribution in [0.2, 0.25) is 0 Å². The van der Waals surface area contributed by atoms with Crippen LogP contribution in [0.3, 0.4) is 0 Å². The van der Waals surface area contributed by atoms with Crippen LogP contribution in [0.25, 0.3) is 10.8 Å². The van der Waals surface area contributed by atoms with Crippen molar-refractivity contribution < 1.29 is 8.42 Å². The van der Waals surface area contributed by atoms with Gasteiger partial charge in [-0.05, 0) is 17.5 Å². The molecule has 5 nitrogen and oxygen atoms in total. The van der Waals surface area contributed by atoms with Crippen LogP contribution in [-0.2, 0) is 23.6 Å². The van der Waals surface area contributed by atoms with Crippen LogP contribution in [-0.4, -0.2) is 18.2 Å². The fraction of sp³-hybridized carbons (Fsp3) is 0.133. The molecule has 106 valence electrons. The molecule has 2 heterocycles. The SMILES string of the molecule is Cn1cc(CN2c3cccc4cccc(c34)S2(=O)=O)cn1. The van der Waals surface area contributed by atoms with Crippen molar-refractivity contribution in [1.29, 1.82) is 0 Å². The van der Waals surface area contributed by atoms with Gasteiger partial charge in [0, 0.05) is 24.2 Å². The van der Waals surface area contributed by atoms with E-state index < -0.39 is 10.0 Å². The summed E-state index contributed by atoms with van der Waals surface area (Å²) in [6.07, 6.45) is 3.53. The van der Waals surface area contributed by atoms with Crippen molar-refractivity contribution >= 4 is 26.5 Å². The summed E-state index contributed by atoms with van der Waals surface area (Å²) in [6, 6.07) is 11.1. The van der Waals surface area contributed by atoms with Crippen molar-refractivity contribution in [3.05, 3.63) is 54.4 Å². The number of benzene rings is 2. The molecule has 0 amide bonds. The maximum Gasteiger partial charge on any atom is 0.265 e. The van der Waals surface area contributed by atoms with Gasteiger partial charge in [0.2, 0.25) is 0 Å². The van der Waals surface area contributed by atoms with Gasteiger partial charge in [-0.25, -0.2) is 8.42 Å². The highest BCUT2D eigenvalue weighted by molar-refractivity contribution is 7.93. The molecule has 0 spiro atoms. The van der Waals surface area contributed by atoms with Crippen molar-refractivity contribution in [2.45, 2.75) is 11.4 Å². The van der Waals surface area contributed by atoms with Crippen LogP contribution in [0.5, 0.6) is 0 Å². The number of hydrogen-bond acceptors (Lipinski definition) is 3. The first-order valence-corrected chi connectivity index (χ1v) is 8.03. The molecular formula is C15H13N3O2S. The molecule has 3 aromatic rings. The highest BCUT2D eigenvalue weighted by atomic mass is 32.2. The van der Waals surface area contributed by atoms with Crippen LogP contribution in [0, 0.1) is 0 Å². The van der Waals surface area contributed by atoms with Crippen LogP contribution in [0.4, 0.5) is 5.69 Å². The minimum absolute atomic E-state index is 0.296. The van der Waals surface area contributed by atoms with Gasteiger partial charge < -0.3 is 0 Å². The van der Waals surface area contributed by atoms with Gasteiger partial charge in [-0.2, -0.15) is 5.10 Å². The largest absolute Gasteiger partial charge is 0.275 e. The van der Waals surface area contributed by atoms with E-state index >= 15 is 0 Å². The van der Waals surface area contributed by atoms with Gasteiger partial charge in [-0.15, -0.1) is 0 Å². The Balaban J connectivity index is 1.92. The molecule has 21 heavy (non-hydrogen) atoms. The maximum absolute atomic E-state index is 12.8. The van der Waals surface area contributed by atoms with Crippen LogP contribution < -0.4 is 4.31 Å². The van der Waals surface area contributed by atoms with E-state index in [-0.39, 0.29) is 0 Å². The van der Waals surface area contributed by atoms with Crippen molar-refractivity contribution in [3.63, 3.8) is 0 Å². The van der Waals surface area contributed by atoms with E-state index in [2.05, 4.69) is 5.10 Å². The van der Waals surface area contributed by atoms with Crippen molar-refractivity contribution in [1.82, 2.24) is 9.78 Å². The van der Waals surface area contributed by atoms with E-state index in [1.54, 1.807) is 23.0 Å². The molecular weight excluding hydrogens is 286 g/mol. The Morgan fingerprint density at radius 2 is 1.90 bits per heavy atom. The number of sulfonamides is 1. The van der Waals surface area contributed by atoms with Gasteiger partial charge in [0.1, 0.15) is 0 Å². The van der Waals surface area contributed by atoms with E-state index in [4.69, 9.17) is 0 Å². The molecule has 4 rings (SSSR count). The Kier molecular flexibility index (Phi) is 2.41. The zero-order chi connectivity index (χ0) is 14.6. The summed E-state index contributed by atoms with van der Waals surface area (Å²) in [6.45, 7) is 0.296. The summed E-state index contributed by atoms with van der Waals surface area (Å²) >= 11 is 0. The highest BCUT2D eigenvalue weighted by Crippen LogP contribution is 2.42. The second-order valence-corrected chi connectivity index (χ2v) is 7.00. The Morgan fingerprint density at radius 3 is 2.62 bits per heavy atom. The van der Waals surface area contributed by atoms with E-state index in [1.807, 2.05) is 37.5 Å². The summed E-state index contributed by atoms with van der Waals surface area (Å²) in [5, 5.41) is 5.86. The summed E-state index contributed by atoms with van der Waals surface area (Å²) in [5.41, 5.74) is 1.61. The second kappa shape index (κ2) is 4.08. The summed E-state index contributed by atoms with van der Waals surface area (Å²) in [7, 11) is -1.67. The molecule has 6 heteroatoms. The van der Waals surface area contributed by atoms with Crippen LogP contribution in [0.15, 0.2) is 53.7 Å². The fourth-order valence-corrected chi connectivity index (χ4v) is 4.55. The minimum Gasteiger partial charge on any atom is -0.275 e. The number of hydrogen-bond donors (Lipinski definition) is 0. The van der Waals surface area contributed by atoms with E-state index in [0.29, 0.717) is 11.4 Å². The van der Waals surface area contributed by atoms with Gasteiger partial charge in [0.15, 0.2) is 0 Å². The predicted octanol–water partition coefficient (Wildman–Crippen LogP) is 2.28. The number of aromatic nitrogens is 2. The van der Waals surface area contributed by atoms with Gasteiger partial charge in [0.25, 0.3) is 10.0 Å². The normalized spacial score (nSPS) is 15.8. The lowest BCUT2D eigenvalue weighted by Gasteiger charge is -2.17. The second-order valence-electron chi connectivity index (χ2n) is 5.17. The zero-order valence-corrected chi connectivity index (χ0v) is 12.2. The third-order valence-electron chi connectivity index (χ3n) is 3.77. The molecule has 1 aliphatic rings. The molecule has 1 aliphatic heterocycles. The molecule has 0 unspecified atom stereocenters. The molecule has 0 aliphatic carbocycles. The molecule has 1 aromatic heterocycles. The average molecular weight is 299 g/mol. The van der Waals surface area contributed by atoms with Gasteiger partial charge in [-0.3, -0.25) is 8.99 Å². The fourth-order valence-electron chi connectivity index (χ4n) is 2.85. The number of rotatable bonds is 2. The Morgan fingerprint density at radius 1 is 1.14 bits per heavy atom. The quantitative estimate of drug-likeness (QED) is 0.729. The Hall–Kier alpha value is -2.34. The molecule has 0 saturated carbocycles. The topological polar surface area (TPSA) is 55.2 Å². The molecule has 0 bridgehead atoms. The smallest absolute Gasteiger partial charge is 0.265 e.